The lowest BCUT2D eigenvalue weighted by Crippen LogP contribution is -2.40. The van der Waals surface area contributed by atoms with Gasteiger partial charge in [0.1, 0.15) is 12.1 Å². The average molecular weight is 353 g/mol. The number of nitrogens with zero attached hydrogens (tertiary/aromatic N) is 3. The van der Waals surface area contributed by atoms with Crippen LogP contribution >= 0.6 is 0 Å². The Bertz CT molecular complexity index is 624. The third-order valence-electron chi connectivity index (χ3n) is 3.86. The Morgan fingerprint density at radius 2 is 2.04 bits per heavy atom. The number of carbonyl (C=O) groups is 2. The minimum Gasteiger partial charge on any atom is -0.481 e. The Hall–Kier alpha value is -2.39. The first-order chi connectivity index (χ1) is 12.0. The van der Waals surface area contributed by atoms with Gasteiger partial charge in [-0.3, -0.25) is 9.59 Å². The Kier molecular flexibility index (Phi) is 6.54. The fraction of sp³-hybridized carbons (Fsp3) is 0.562. The van der Waals surface area contributed by atoms with Crippen LogP contribution in [0, 0.1) is 0 Å². The predicted molar refractivity (Wildman–Crippen MR) is 87.7 cm³/mol. The lowest BCUT2D eigenvalue weighted by molar-refractivity contribution is -0.131. The molecule has 1 fully saturated rings. The number of ether oxygens (including phenoxy) is 3. The van der Waals surface area contributed by atoms with E-state index in [4.69, 9.17) is 14.2 Å². The van der Waals surface area contributed by atoms with Crippen LogP contribution < -0.4 is 9.47 Å². The van der Waals surface area contributed by atoms with Crippen LogP contribution in [-0.2, 0) is 9.53 Å². The van der Waals surface area contributed by atoms with E-state index < -0.39 is 12.0 Å². The van der Waals surface area contributed by atoms with E-state index in [-0.39, 0.29) is 37.0 Å². The number of amides is 2. The lowest BCUT2D eigenvalue weighted by Gasteiger charge is -2.22. The van der Waals surface area contributed by atoms with E-state index in [1.54, 1.807) is 0 Å². The summed E-state index contributed by atoms with van der Waals surface area (Å²) in [6.07, 6.45) is -0.843. The summed E-state index contributed by atoms with van der Waals surface area (Å²) in [6, 6.07) is 3.06. The van der Waals surface area contributed by atoms with Gasteiger partial charge in [0, 0.05) is 32.8 Å². The molecule has 1 unspecified atom stereocenters. The summed E-state index contributed by atoms with van der Waals surface area (Å²) in [5.74, 6) is -0.270. The van der Waals surface area contributed by atoms with Gasteiger partial charge in [-0.25, -0.2) is 0 Å². The number of aliphatic hydroxyl groups is 1. The first-order valence-corrected chi connectivity index (χ1v) is 7.83. The van der Waals surface area contributed by atoms with E-state index in [1.807, 2.05) is 0 Å². The molecule has 0 radical (unpaired) electrons. The summed E-state index contributed by atoms with van der Waals surface area (Å²) in [6.45, 7) is 0.798. The number of β-amino-alcohol motifs (C(OH)–C–C–N with tert-alkyl or cyclic N) is 1. The molecule has 9 nitrogen and oxygen atoms in total. The molecule has 0 saturated carbocycles. The van der Waals surface area contributed by atoms with Crippen LogP contribution in [0.15, 0.2) is 12.1 Å². The molecule has 0 bridgehead atoms. The van der Waals surface area contributed by atoms with Crippen LogP contribution in [0.4, 0.5) is 0 Å². The predicted octanol–water partition coefficient (Wildman–Crippen LogP) is -0.609. The van der Waals surface area contributed by atoms with Gasteiger partial charge in [-0.1, -0.05) is 0 Å². The van der Waals surface area contributed by atoms with Gasteiger partial charge < -0.3 is 29.1 Å². The van der Waals surface area contributed by atoms with E-state index in [9.17, 15) is 14.7 Å². The maximum absolute atomic E-state index is 12.8. The fourth-order valence-corrected chi connectivity index (χ4v) is 2.59. The molecule has 1 atom stereocenters. The summed E-state index contributed by atoms with van der Waals surface area (Å²) in [5.41, 5.74) is 0.202. The topological polar surface area (TPSA) is 101 Å². The summed E-state index contributed by atoms with van der Waals surface area (Å²) in [4.78, 5) is 32.0. The van der Waals surface area contributed by atoms with Crippen molar-refractivity contribution in [2.24, 2.45) is 0 Å². The highest BCUT2D eigenvalue weighted by atomic mass is 16.5. The molecule has 2 amide bonds. The van der Waals surface area contributed by atoms with Crippen molar-refractivity contribution >= 4 is 11.8 Å². The molecule has 1 aliphatic heterocycles. The number of hydrogen-bond acceptors (Lipinski definition) is 7. The molecule has 138 valence electrons. The number of methoxy groups -OCH3 is 3. The molecule has 1 saturated heterocycles. The van der Waals surface area contributed by atoms with Gasteiger partial charge in [0.15, 0.2) is 0 Å². The number of aliphatic hydroxyl groups excluding tert-OH is 1. The number of rotatable bonds is 6. The van der Waals surface area contributed by atoms with Crippen LogP contribution in [0.5, 0.6) is 11.8 Å². The van der Waals surface area contributed by atoms with Gasteiger partial charge in [-0.2, -0.15) is 4.98 Å². The Morgan fingerprint density at radius 3 is 2.68 bits per heavy atom. The molecule has 0 aliphatic carbocycles. The minimum atomic E-state index is -0.843. The van der Waals surface area contributed by atoms with Crippen molar-refractivity contribution in [2.75, 3.05) is 54.1 Å². The van der Waals surface area contributed by atoms with Crippen LogP contribution in [-0.4, -0.2) is 91.9 Å². The molecular weight excluding hydrogens is 330 g/mol. The second kappa shape index (κ2) is 8.63. The quantitative estimate of drug-likeness (QED) is 0.728. The third kappa shape index (κ3) is 4.58. The van der Waals surface area contributed by atoms with E-state index in [0.717, 1.165) is 0 Å². The smallest absolute Gasteiger partial charge is 0.259 e. The fourth-order valence-electron chi connectivity index (χ4n) is 2.59. The van der Waals surface area contributed by atoms with Crippen molar-refractivity contribution in [3.05, 3.63) is 17.7 Å². The van der Waals surface area contributed by atoms with Gasteiger partial charge in [0.25, 0.3) is 5.91 Å². The minimum absolute atomic E-state index is 0.0449. The van der Waals surface area contributed by atoms with E-state index in [2.05, 4.69) is 4.98 Å². The SMILES string of the molecule is COCCN1CC(O)CN(C(=O)c2ccc(OC)nc2OC)CC1=O. The second-order valence-electron chi connectivity index (χ2n) is 5.58. The Labute approximate surface area is 146 Å². The second-order valence-corrected chi connectivity index (χ2v) is 5.58. The summed E-state index contributed by atoms with van der Waals surface area (Å²) in [5, 5.41) is 10.2. The number of carbonyl (C=O) groups excluding carboxylic acids is 2. The first-order valence-electron chi connectivity index (χ1n) is 7.83. The lowest BCUT2D eigenvalue weighted by atomic mass is 10.2. The normalized spacial score (nSPS) is 18.1. The molecule has 1 aromatic heterocycles. The highest BCUT2D eigenvalue weighted by molar-refractivity contribution is 5.98. The molecule has 25 heavy (non-hydrogen) atoms. The molecule has 1 aromatic rings. The van der Waals surface area contributed by atoms with Gasteiger partial charge >= 0.3 is 0 Å². The summed E-state index contributed by atoms with van der Waals surface area (Å²) >= 11 is 0. The standard InChI is InChI=1S/C16H23N3O6/c1-23-7-6-18-8-11(20)9-19(10-14(18)21)16(22)12-4-5-13(24-2)17-15(12)25-3/h4-5,11,20H,6-10H2,1-3H3. The van der Waals surface area contributed by atoms with Crippen LogP contribution in [0.2, 0.25) is 0 Å². The van der Waals surface area contributed by atoms with Crippen LogP contribution in [0.25, 0.3) is 0 Å². The van der Waals surface area contributed by atoms with Crippen molar-refractivity contribution in [2.45, 2.75) is 6.10 Å². The maximum atomic E-state index is 12.8. The molecule has 0 spiro atoms. The summed E-state index contributed by atoms with van der Waals surface area (Å²) in [7, 11) is 4.40. The highest BCUT2D eigenvalue weighted by Crippen LogP contribution is 2.22. The number of pyridine rings is 1. The number of aromatic nitrogens is 1. The van der Waals surface area contributed by atoms with Crippen molar-refractivity contribution in [3.63, 3.8) is 0 Å². The van der Waals surface area contributed by atoms with Crippen LogP contribution in [0.3, 0.4) is 0 Å². The molecule has 1 aliphatic rings. The molecule has 2 heterocycles. The maximum Gasteiger partial charge on any atom is 0.259 e. The molecule has 0 aromatic carbocycles. The van der Waals surface area contributed by atoms with Crippen LogP contribution in [0.1, 0.15) is 10.4 Å². The van der Waals surface area contributed by atoms with E-state index in [1.165, 1.54) is 43.3 Å². The van der Waals surface area contributed by atoms with Gasteiger partial charge in [-0.15, -0.1) is 0 Å². The zero-order chi connectivity index (χ0) is 18.4. The number of hydrogen-bond donors (Lipinski definition) is 1. The van der Waals surface area contributed by atoms with Gasteiger partial charge in [0.05, 0.1) is 26.9 Å². The summed E-state index contributed by atoms with van der Waals surface area (Å²) < 4.78 is 15.1. The zero-order valence-corrected chi connectivity index (χ0v) is 14.6. The van der Waals surface area contributed by atoms with Crippen molar-refractivity contribution in [1.29, 1.82) is 0 Å². The van der Waals surface area contributed by atoms with Crippen molar-refractivity contribution in [3.8, 4) is 11.8 Å². The van der Waals surface area contributed by atoms with E-state index >= 15 is 0 Å². The van der Waals surface area contributed by atoms with E-state index in [0.29, 0.717) is 19.0 Å². The highest BCUT2D eigenvalue weighted by Gasteiger charge is 2.31. The average Bonchev–Trinajstić information content (AvgIpc) is 2.76. The zero-order valence-electron chi connectivity index (χ0n) is 14.6. The molecule has 2 rings (SSSR count). The largest absolute Gasteiger partial charge is 0.481 e. The van der Waals surface area contributed by atoms with Gasteiger partial charge in [-0.05, 0) is 6.07 Å². The molecule has 1 N–H and O–H groups in total. The third-order valence-corrected chi connectivity index (χ3v) is 3.86. The van der Waals surface area contributed by atoms with Crippen molar-refractivity contribution < 1.29 is 28.9 Å². The Balaban J connectivity index is 2.20. The van der Waals surface area contributed by atoms with Gasteiger partial charge in [0.2, 0.25) is 17.7 Å². The van der Waals surface area contributed by atoms with Crippen molar-refractivity contribution in [1.82, 2.24) is 14.8 Å². The monoisotopic (exact) mass is 353 g/mol. The Morgan fingerprint density at radius 1 is 1.28 bits per heavy atom. The molecule has 9 heteroatoms. The molecular formula is C16H23N3O6. The first kappa shape index (κ1) is 18.9.